The van der Waals surface area contributed by atoms with Gasteiger partial charge in [0.2, 0.25) is 0 Å². The highest BCUT2D eigenvalue weighted by molar-refractivity contribution is 5.59. The normalized spacial score (nSPS) is 12.1. The third-order valence-corrected chi connectivity index (χ3v) is 2.02. The van der Waals surface area contributed by atoms with Crippen LogP contribution in [0.5, 0.6) is 0 Å². The minimum absolute atomic E-state index is 1.12. The molecule has 0 heteroatoms. The van der Waals surface area contributed by atoms with Gasteiger partial charge in [-0.3, -0.25) is 0 Å². The Labute approximate surface area is 86.3 Å². The van der Waals surface area contributed by atoms with Gasteiger partial charge in [-0.1, -0.05) is 61.2 Å². The van der Waals surface area contributed by atoms with E-state index in [2.05, 4.69) is 43.0 Å². The van der Waals surface area contributed by atoms with Crippen molar-refractivity contribution in [3.05, 3.63) is 66.3 Å². The summed E-state index contributed by atoms with van der Waals surface area (Å²) in [6.45, 7) is 5.42. The van der Waals surface area contributed by atoms with Gasteiger partial charge in [0.25, 0.3) is 0 Å². The molecule has 0 heterocycles. The largest absolute Gasteiger partial charge is 0.0991 e. The molecule has 72 valence electrons. The number of benzene rings is 1. The standard InChI is InChI=1S/C9H8.C5H8/c1-2-5-9-7-3-6-8(9)4-1;1-3-5-4-2/h1-6H,7H2;3-5H,1H2,2H3/b;5-4+. The Morgan fingerprint density at radius 3 is 2.64 bits per heavy atom. The number of rotatable bonds is 1. The Morgan fingerprint density at radius 1 is 1.29 bits per heavy atom. The molecule has 0 aromatic heterocycles. The van der Waals surface area contributed by atoms with Crippen molar-refractivity contribution in [1.29, 1.82) is 0 Å². The van der Waals surface area contributed by atoms with Gasteiger partial charge in [-0.15, -0.1) is 0 Å². The molecule has 0 radical (unpaired) electrons. The van der Waals surface area contributed by atoms with E-state index >= 15 is 0 Å². The quantitative estimate of drug-likeness (QED) is 0.579. The van der Waals surface area contributed by atoms with Gasteiger partial charge in [-0.05, 0) is 24.5 Å². The SMILES string of the molecule is C1=Cc2ccccc2C1.C=C/C=C/C. The topological polar surface area (TPSA) is 0 Å². The predicted molar refractivity (Wildman–Crippen MR) is 64.2 cm³/mol. The van der Waals surface area contributed by atoms with Gasteiger partial charge in [-0.25, -0.2) is 0 Å². The molecule has 0 nitrogen and oxygen atoms in total. The van der Waals surface area contributed by atoms with Crippen LogP contribution in [-0.4, -0.2) is 0 Å². The number of fused-ring (bicyclic) bond motifs is 1. The average Bonchev–Trinajstić information content (AvgIpc) is 2.67. The predicted octanol–water partition coefficient (Wildman–Crippen LogP) is 4.00. The minimum atomic E-state index is 1.12. The third kappa shape index (κ3) is 3.06. The molecule has 0 aliphatic heterocycles. The van der Waals surface area contributed by atoms with Crippen molar-refractivity contribution < 1.29 is 0 Å². The molecular formula is C14H16. The summed E-state index contributed by atoms with van der Waals surface area (Å²) < 4.78 is 0. The Bertz CT molecular complexity index is 343. The second-order valence-electron chi connectivity index (χ2n) is 3.07. The molecule has 1 aliphatic rings. The third-order valence-electron chi connectivity index (χ3n) is 2.02. The van der Waals surface area contributed by atoms with E-state index in [0.717, 1.165) is 6.42 Å². The van der Waals surface area contributed by atoms with Gasteiger partial charge in [0.15, 0.2) is 0 Å². The van der Waals surface area contributed by atoms with Crippen LogP contribution >= 0.6 is 0 Å². The second kappa shape index (κ2) is 5.98. The highest BCUT2D eigenvalue weighted by Gasteiger charge is 2.00. The van der Waals surface area contributed by atoms with Crippen LogP contribution in [0.15, 0.2) is 55.1 Å². The first kappa shape index (κ1) is 10.5. The van der Waals surface area contributed by atoms with Gasteiger partial charge < -0.3 is 0 Å². The second-order valence-corrected chi connectivity index (χ2v) is 3.07. The zero-order chi connectivity index (χ0) is 10.2. The maximum absolute atomic E-state index is 3.46. The lowest BCUT2D eigenvalue weighted by Gasteiger charge is -1.93. The molecular weight excluding hydrogens is 168 g/mol. The maximum Gasteiger partial charge on any atom is -0.00882 e. The van der Waals surface area contributed by atoms with Gasteiger partial charge in [0.05, 0.1) is 0 Å². The average molecular weight is 184 g/mol. The van der Waals surface area contributed by atoms with Crippen molar-refractivity contribution in [2.45, 2.75) is 13.3 Å². The first-order chi connectivity index (χ1) is 6.88. The molecule has 0 spiro atoms. The Balaban J connectivity index is 0.000000171. The number of hydrogen-bond donors (Lipinski definition) is 0. The lowest BCUT2D eigenvalue weighted by molar-refractivity contribution is 1.31. The van der Waals surface area contributed by atoms with Crippen LogP contribution in [0, 0.1) is 0 Å². The Morgan fingerprint density at radius 2 is 2.07 bits per heavy atom. The van der Waals surface area contributed by atoms with Gasteiger partial charge in [0.1, 0.15) is 0 Å². The van der Waals surface area contributed by atoms with Crippen molar-refractivity contribution in [1.82, 2.24) is 0 Å². The number of hydrogen-bond acceptors (Lipinski definition) is 0. The molecule has 0 bridgehead atoms. The summed E-state index contributed by atoms with van der Waals surface area (Å²) in [5.74, 6) is 0. The number of allylic oxidation sites excluding steroid dienone is 4. The van der Waals surface area contributed by atoms with Crippen LogP contribution in [0.2, 0.25) is 0 Å². The maximum atomic E-state index is 3.46. The van der Waals surface area contributed by atoms with Gasteiger partial charge >= 0.3 is 0 Å². The highest BCUT2D eigenvalue weighted by Crippen LogP contribution is 2.17. The van der Waals surface area contributed by atoms with Crippen molar-refractivity contribution in [2.24, 2.45) is 0 Å². The molecule has 0 amide bonds. The summed E-state index contributed by atoms with van der Waals surface area (Å²) in [4.78, 5) is 0. The summed E-state index contributed by atoms with van der Waals surface area (Å²) in [7, 11) is 0. The van der Waals surface area contributed by atoms with Crippen LogP contribution in [0.3, 0.4) is 0 Å². The van der Waals surface area contributed by atoms with E-state index in [4.69, 9.17) is 0 Å². The molecule has 0 atom stereocenters. The Kier molecular flexibility index (Phi) is 4.49. The van der Waals surface area contributed by atoms with E-state index in [1.165, 1.54) is 11.1 Å². The lowest BCUT2D eigenvalue weighted by atomic mass is 10.1. The molecule has 0 unspecified atom stereocenters. The van der Waals surface area contributed by atoms with Crippen LogP contribution in [0.1, 0.15) is 18.1 Å². The summed E-state index contributed by atoms with van der Waals surface area (Å²) in [5, 5.41) is 0. The summed E-state index contributed by atoms with van der Waals surface area (Å²) in [6, 6.07) is 8.49. The van der Waals surface area contributed by atoms with Crippen LogP contribution in [0.4, 0.5) is 0 Å². The van der Waals surface area contributed by atoms with E-state index in [1.54, 1.807) is 6.08 Å². The van der Waals surface area contributed by atoms with Crippen molar-refractivity contribution >= 4 is 6.08 Å². The molecule has 0 fully saturated rings. The van der Waals surface area contributed by atoms with Crippen LogP contribution in [0.25, 0.3) is 6.08 Å². The Hall–Kier alpha value is -1.56. The van der Waals surface area contributed by atoms with Crippen molar-refractivity contribution in [2.75, 3.05) is 0 Å². The molecule has 0 saturated heterocycles. The molecule has 2 rings (SSSR count). The van der Waals surface area contributed by atoms with E-state index in [1.807, 2.05) is 19.1 Å². The molecule has 0 saturated carbocycles. The van der Waals surface area contributed by atoms with E-state index in [-0.39, 0.29) is 0 Å². The smallest absolute Gasteiger partial charge is 0.00882 e. The fourth-order valence-electron chi connectivity index (χ4n) is 1.33. The minimum Gasteiger partial charge on any atom is -0.0991 e. The van der Waals surface area contributed by atoms with Crippen LogP contribution in [-0.2, 0) is 6.42 Å². The summed E-state index contributed by atoms with van der Waals surface area (Å²) in [5.41, 5.74) is 2.84. The van der Waals surface area contributed by atoms with E-state index in [0.29, 0.717) is 0 Å². The molecule has 0 N–H and O–H groups in total. The molecule has 1 aromatic rings. The molecule has 1 aliphatic carbocycles. The van der Waals surface area contributed by atoms with Crippen molar-refractivity contribution in [3.63, 3.8) is 0 Å². The van der Waals surface area contributed by atoms with Gasteiger partial charge in [-0.2, -0.15) is 0 Å². The first-order valence-corrected chi connectivity index (χ1v) is 4.86. The van der Waals surface area contributed by atoms with Crippen LogP contribution < -0.4 is 0 Å². The van der Waals surface area contributed by atoms with Crippen molar-refractivity contribution in [3.8, 4) is 0 Å². The fourth-order valence-corrected chi connectivity index (χ4v) is 1.33. The summed E-state index contributed by atoms with van der Waals surface area (Å²) in [6.07, 6.45) is 11.1. The lowest BCUT2D eigenvalue weighted by Crippen LogP contribution is -1.76. The fraction of sp³-hybridized carbons (Fsp3) is 0.143. The van der Waals surface area contributed by atoms with E-state index in [9.17, 15) is 0 Å². The molecule has 1 aromatic carbocycles. The zero-order valence-electron chi connectivity index (χ0n) is 8.61. The zero-order valence-corrected chi connectivity index (χ0v) is 8.61. The highest BCUT2D eigenvalue weighted by atomic mass is 14.0. The monoisotopic (exact) mass is 184 g/mol. The van der Waals surface area contributed by atoms with E-state index < -0.39 is 0 Å². The van der Waals surface area contributed by atoms with Gasteiger partial charge in [0, 0.05) is 0 Å². The summed E-state index contributed by atoms with van der Waals surface area (Å²) >= 11 is 0. The molecule has 14 heavy (non-hydrogen) atoms. The first-order valence-electron chi connectivity index (χ1n) is 4.86.